The molecule has 1 aliphatic carbocycles. The summed E-state index contributed by atoms with van der Waals surface area (Å²) in [6, 6.07) is 11.8. The zero-order valence-electron chi connectivity index (χ0n) is 18.7. The standard InChI is InChI=1S/C24H23Cl2N7O/c1-32(2)16-9-7-13-10-15(8-6-14(13)11-16)29-23-28-12-17-21(27)33(24(34)31-22(17)30-23)20-18(25)4-3-5-19(20)26/h3-6,8,10,12,16,27H,7,9,11H2,1-2H3,(H2,28,29,30,31,34)/t16-/m0/s1. The molecule has 2 aromatic heterocycles. The Morgan fingerprint density at radius 3 is 2.68 bits per heavy atom. The minimum absolute atomic E-state index is 0.107. The Bertz CT molecular complexity index is 1510. The van der Waals surface area contributed by atoms with Gasteiger partial charge in [0.25, 0.3) is 0 Å². The van der Waals surface area contributed by atoms with E-state index in [-0.39, 0.29) is 26.9 Å². The normalized spacial score (nSPS) is 15.5. The van der Waals surface area contributed by atoms with Gasteiger partial charge in [0.2, 0.25) is 5.95 Å². The number of halogens is 2. The summed E-state index contributed by atoms with van der Waals surface area (Å²) in [6.45, 7) is 0. The second-order valence-corrected chi connectivity index (χ2v) is 9.42. The molecule has 0 bridgehead atoms. The van der Waals surface area contributed by atoms with E-state index in [0.717, 1.165) is 29.5 Å². The molecule has 1 atom stereocenters. The Kier molecular flexibility index (Phi) is 5.89. The van der Waals surface area contributed by atoms with Crippen LogP contribution >= 0.6 is 23.2 Å². The van der Waals surface area contributed by atoms with Crippen molar-refractivity contribution in [3.63, 3.8) is 0 Å². The average Bonchev–Trinajstić information content (AvgIpc) is 2.80. The van der Waals surface area contributed by atoms with Crippen LogP contribution in [-0.2, 0) is 12.8 Å². The fraction of sp³-hybridized carbons (Fsp3) is 0.250. The third-order valence-corrected chi connectivity index (χ3v) is 6.86. The fourth-order valence-corrected chi connectivity index (χ4v) is 4.96. The number of nitrogens with one attached hydrogen (secondary N) is 3. The van der Waals surface area contributed by atoms with Crippen LogP contribution < -0.4 is 16.5 Å². The molecule has 0 amide bonds. The number of aromatic amines is 1. The van der Waals surface area contributed by atoms with Crippen LogP contribution in [0.3, 0.4) is 0 Å². The summed E-state index contributed by atoms with van der Waals surface area (Å²) in [5.74, 6) is 0.331. The molecule has 0 spiro atoms. The Balaban J connectivity index is 1.48. The highest BCUT2D eigenvalue weighted by Crippen LogP contribution is 2.28. The topological polar surface area (TPSA) is 103 Å². The number of nitrogens with zero attached hydrogens (tertiary/aromatic N) is 4. The van der Waals surface area contributed by atoms with Crippen LogP contribution in [0.15, 0.2) is 47.4 Å². The van der Waals surface area contributed by atoms with Gasteiger partial charge in [0.1, 0.15) is 5.49 Å². The summed E-state index contributed by atoms with van der Waals surface area (Å²) in [7, 11) is 4.25. The van der Waals surface area contributed by atoms with Crippen molar-refractivity contribution in [2.75, 3.05) is 19.4 Å². The van der Waals surface area contributed by atoms with Crippen molar-refractivity contribution in [3.05, 3.63) is 79.7 Å². The van der Waals surface area contributed by atoms with Gasteiger partial charge in [0.05, 0.1) is 21.1 Å². The number of H-pyrrole nitrogens is 1. The number of fused-ring (bicyclic) bond motifs is 2. The number of likely N-dealkylation sites (N-methyl/N-ethyl adjacent to an activating group) is 1. The van der Waals surface area contributed by atoms with Crippen molar-refractivity contribution < 1.29 is 0 Å². The highest BCUT2D eigenvalue weighted by Gasteiger charge is 2.20. The van der Waals surface area contributed by atoms with E-state index >= 15 is 0 Å². The number of para-hydroxylation sites is 1. The van der Waals surface area contributed by atoms with Crippen LogP contribution in [0.5, 0.6) is 0 Å². The number of aryl methyl sites for hydroxylation is 1. The molecular weight excluding hydrogens is 473 g/mol. The second kappa shape index (κ2) is 8.87. The van der Waals surface area contributed by atoms with Gasteiger partial charge in [-0.15, -0.1) is 0 Å². The predicted molar refractivity (Wildman–Crippen MR) is 135 cm³/mol. The highest BCUT2D eigenvalue weighted by atomic mass is 35.5. The lowest BCUT2D eigenvalue weighted by molar-refractivity contribution is 0.268. The summed E-state index contributed by atoms with van der Waals surface area (Å²) in [6.07, 6.45) is 4.69. The highest BCUT2D eigenvalue weighted by molar-refractivity contribution is 6.37. The van der Waals surface area contributed by atoms with Gasteiger partial charge < -0.3 is 10.2 Å². The summed E-state index contributed by atoms with van der Waals surface area (Å²) >= 11 is 12.5. The third-order valence-electron chi connectivity index (χ3n) is 6.25. The average molecular weight is 496 g/mol. The molecule has 5 rings (SSSR count). The number of hydrogen-bond acceptors (Lipinski definition) is 6. The van der Waals surface area contributed by atoms with E-state index in [1.807, 2.05) is 6.07 Å². The fourth-order valence-electron chi connectivity index (χ4n) is 4.39. The smallest absolute Gasteiger partial charge is 0.324 e. The summed E-state index contributed by atoms with van der Waals surface area (Å²) in [4.78, 5) is 26.7. The van der Waals surface area contributed by atoms with Gasteiger partial charge >= 0.3 is 5.69 Å². The van der Waals surface area contributed by atoms with E-state index < -0.39 is 5.69 Å². The molecule has 0 fully saturated rings. The maximum absolute atomic E-state index is 12.8. The Morgan fingerprint density at radius 1 is 1.18 bits per heavy atom. The van der Waals surface area contributed by atoms with Crippen molar-refractivity contribution in [1.29, 1.82) is 5.41 Å². The molecule has 3 N–H and O–H groups in total. The lowest BCUT2D eigenvalue weighted by atomic mass is 9.87. The minimum Gasteiger partial charge on any atom is -0.324 e. The van der Waals surface area contributed by atoms with Crippen LogP contribution in [-0.4, -0.2) is 44.6 Å². The third kappa shape index (κ3) is 4.09. The number of hydrogen-bond donors (Lipinski definition) is 3. The molecule has 2 heterocycles. The molecule has 34 heavy (non-hydrogen) atoms. The van der Waals surface area contributed by atoms with Crippen molar-refractivity contribution in [1.82, 2.24) is 24.4 Å². The van der Waals surface area contributed by atoms with Crippen molar-refractivity contribution >= 4 is 45.9 Å². The molecule has 0 unspecified atom stereocenters. The van der Waals surface area contributed by atoms with E-state index in [9.17, 15) is 4.79 Å². The van der Waals surface area contributed by atoms with E-state index in [1.54, 1.807) is 18.2 Å². The SMILES string of the molecule is CN(C)[C@H]1CCc2cc(Nc3ncc4c(=N)n(-c5c(Cl)cccc5Cl)c(=O)[nH]c4n3)ccc2C1. The van der Waals surface area contributed by atoms with Gasteiger partial charge in [-0.1, -0.05) is 35.3 Å². The van der Waals surface area contributed by atoms with E-state index in [1.165, 1.54) is 17.3 Å². The molecule has 0 saturated carbocycles. The van der Waals surface area contributed by atoms with Crippen LogP contribution in [0.2, 0.25) is 10.0 Å². The molecular formula is C24H23Cl2N7O. The van der Waals surface area contributed by atoms with Crippen LogP contribution in [0.1, 0.15) is 17.5 Å². The van der Waals surface area contributed by atoms with Crippen LogP contribution in [0.25, 0.3) is 16.7 Å². The van der Waals surface area contributed by atoms with E-state index in [0.29, 0.717) is 17.4 Å². The monoisotopic (exact) mass is 495 g/mol. The number of aromatic nitrogens is 4. The van der Waals surface area contributed by atoms with Gasteiger partial charge in [-0.25, -0.2) is 14.3 Å². The molecule has 0 aliphatic heterocycles. The first-order valence-electron chi connectivity index (χ1n) is 10.9. The Morgan fingerprint density at radius 2 is 1.94 bits per heavy atom. The van der Waals surface area contributed by atoms with Gasteiger partial charge in [0.15, 0.2) is 5.65 Å². The maximum Gasteiger partial charge on any atom is 0.333 e. The zero-order chi connectivity index (χ0) is 24.0. The largest absolute Gasteiger partial charge is 0.333 e. The van der Waals surface area contributed by atoms with E-state index in [2.05, 4.69) is 51.4 Å². The summed E-state index contributed by atoms with van der Waals surface area (Å²) in [5.41, 5.74) is 3.38. The molecule has 2 aromatic carbocycles. The first-order chi connectivity index (χ1) is 16.3. The molecule has 174 valence electrons. The molecule has 1 aliphatic rings. The quantitative estimate of drug-likeness (QED) is 0.396. The first kappa shape index (κ1) is 22.6. The van der Waals surface area contributed by atoms with Gasteiger partial charge in [-0.2, -0.15) is 4.98 Å². The lowest BCUT2D eigenvalue weighted by Crippen LogP contribution is -2.34. The predicted octanol–water partition coefficient (Wildman–Crippen LogP) is 4.06. The van der Waals surface area contributed by atoms with Crippen molar-refractivity contribution in [3.8, 4) is 5.69 Å². The minimum atomic E-state index is -0.568. The van der Waals surface area contributed by atoms with Gasteiger partial charge in [-0.05, 0) is 68.8 Å². The number of rotatable bonds is 4. The van der Waals surface area contributed by atoms with Crippen molar-refractivity contribution in [2.24, 2.45) is 0 Å². The van der Waals surface area contributed by atoms with Crippen LogP contribution in [0.4, 0.5) is 11.6 Å². The molecule has 0 radical (unpaired) electrons. The van der Waals surface area contributed by atoms with Crippen LogP contribution in [0, 0.1) is 5.41 Å². The number of benzene rings is 2. The summed E-state index contributed by atoms with van der Waals surface area (Å²) < 4.78 is 1.12. The maximum atomic E-state index is 12.8. The molecule has 8 nitrogen and oxygen atoms in total. The van der Waals surface area contributed by atoms with Gasteiger partial charge in [-0.3, -0.25) is 10.4 Å². The van der Waals surface area contributed by atoms with Gasteiger partial charge in [0, 0.05) is 17.9 Å². The first-order valence-corrected chi connectivity index (χ1v) is 11.6. The van der Waals surface area contributed by atoms with E-state index in [4.69, 9.17) is 28.6 Å². The Hall–Kier alpha value is -3.20. The summed E-state index contributed by atoms with van der Waals surface area (Å²) in [5, 5.41) is 12.7. The molecule has 0 saturated heterocycles. The lowest BCUT2D eigenvalue weighted by Gasteiger charge is -2.30. The molecule has 4 aromatic rings. The van der Waals surface area contributed by atoms with Crippen molar-refractivity contribution in [2.45, 2.75) is 25.3 Å². The Labute approximate surface area is 205 Å². The number of anilines is 2. The molecule has 10 heteroatoms. The second-order valence-electron chi connectivity index (χ2n) is 8.61. The zero-order valence-corrected chi connectivity index (χ0v) is 20.2.